The van der Waals surface area contributed by atoms with Crippen molar-refractivity contribution in [2.24, 2.45) is 0 Å². The van der Waals surface area contributed by atoms with Crippen LogP contribution < -0.4 is 0 Å². The van der Waals surface area contributed by atoms with Crippen molar-refractivity contribution < 1.29 is 14.7 Å². The van der Waals surface area contributed by atoms with E-state index in [4.69, 9.17) is 0 Å². The molecule has 1 aliphatic rings. The molecule has 0 spiro atoms. The molecule has 0 unspecified atom stereocenters. The molecule has 0 aliphatic heterocycles. The Kier molecular flexibility index (Phi) is 4.63. The van der Waals surface area contributed by atoms with Gasteiger partial charge < -0.3 is 0 Å². The summed E-state index contributed by atoms with van der Waals surface area (Å²) in [5, 5.41) is 1.36. The van der Waals surface area contributed by atoms with Crippen molar-refractivity contribution in [2.75, 3.05) is 0 Å². The van der Waals surface area contributed by atoms with Crippen molar-refractivity contribution in [1.29, 1.82) is 0 Å². The summed E-state index contributed by atoms with van der Waals surface area (Å²) in [5.74, 6) is 0. The Hall–Kier alpha value is -0.0135. The van der Waals surface area contributed by atoms with E-state index in [9.17, 15) is 0 Å². The Morgan fingerprint density at radius 1 is 1.45 bits per heavy atom. The second kappa shape index (κ2) is 5.61. The molecule has 0 radical (unpaired) electrons. The topological polar surface area (TPSA) is 0 Å². The van der Waals surface area contributed by atoms with E-state index in [1.54, 1.807) is 19.2 Å². The van der Waals surface area contributed by atoms with Crippen LogP contribution in [-0.2, 0) is 14.7 Å². The van der Waals surface area contributed by atoms with Crippen LogP contribution >= 0.6 is 0 Å². The first-order valence-corrected chi connectivity index (χ1v) is 5.58. The first-order valence-electron chi connectivity index (χ1n) is 4.33. The molecule has 0 atom stereocenters. The van der Waals surface area contributed by atoms with Crippen molar-refractivity contribution in [3.63, 3.8) is 0 Å². The van der Waals surface area contributed by atoms with Gasteiger partial charge >= 0.3 is 75.4 Å². The fourth-order valence-corrected chi connectivity index (χ4v) is 2.27. The van der Waals surface area contributed by atoms with Gasteiger partial charge in [-0.25, -0.2) is 0 Å². The fourth-order valence-electron chi connectivity index (χ4n) is 0.998. The zero-order valence-corrected chi connectivity index (χ0v) is 8.14. The van der Waals surface area contributed by atoms with Crippen molar-refractivity contribution in [3.05, 3.63) is 22.7 Å². The van der Waals surface area contributed by atoms with E-state index in [0.717, 1.165) is 0 Å². The molecule has 1 rings (SSSR count). The monoisotopic (exact) mass is 195 g/mol. The third-order valence-electron chi connectivity index (χ3n) is 1.67. The maximum absolute atomic E-state index is 2.26. The van der Waals surface area contributed by atoms with Gasteiger partial charge in [-0.1, -0.05) is 0 Å². The predicted molar refractivity (Wildman–Crippen MR) is 46.2 cm³/mol. The standard InChI is InChI=1S/C5H5.C5H11.Co/c1-2-4-5-3-1;1-3-5-4-2;/h1-3H,4H2;1,3-5H2,2H3;. The summed E-state index contributed by atoms with van der Waals surface area (Å²) >= 11 is 1.59. The van der Waals surface area contributed by atoms with Gasteiger partial charge in [0.15, 0.2) is 0 Å². The molecular weight excluding hydrogens is 179 g/mol. The number of hydrogen-bond donors (Lipinski definition) is 0. The number of hydrogen-bond acceptors (Lipinski definition) is 0. The average molecular weight is 195 g/mol. The molecule has 0 aromatic rings. The molecule has 0 nitrogen and oxygen atoms in total. The van der Waals surface area contributed by atoms with Crippen molar-refractivity contribution >= 4 is 0 Å². The second-order valence-electron chi connectivity index (χ2n) is 2.71. The molecule has 0 amide bonds. The van der Waals surface area contributed by atoms with Gasteiger partial charge in [0.2, 0.25) is 0 Å². The number of rotatable bonds is 5. The van der Waals surface area contributed by atoms with E-state index < -0.39 is 0 Å². The first kappa shape index (κ1) is 9.08. The Labute approximate surface area is 75.7 Å². The summed E-state index contributed by atoms with van der Waals surface area (Å²) < 4.78 is 1.59. The van der Waals surface area contributed by atoms with Crippen LogP contribution in [0, 0.1) is 0 Å². The van der Waals surface area contributed by atoms with Crippen LogP contribution in [0.4, 0.5) is 0 Å². The number of allylic oxidation sites excluding steroid dienone is 4. The van der Waals surface area contributed by atoms with Crippen molar-refractivity contribution in [2.45, 2.75) is 38.0 Å². The van der Waals surface area contributed by atoms with Crippen LogP contribution in [0.5, 0.6) is 0 Å². The number of unbranched alkanes of at least 4 members (excludes halogenated alkanes) is 2. The van der Waals surface area contributed by atoms with Crippen LogP contribution in [0.2, 0.25) is 5.36 Å². The molecule has 0 saturated carbocycles. The summed E-state index contributed by atoms with van der Waals surface area (Å²) in [5.41, 5.74) is 0. The molecule has 0 N–H and O–H groups in total. The Morgan fingerprint density at radius 2 is 2.36 bits per heavy atom. The van der Waals surface area contributed by atoms with E-state index >= 15 is 0 Å². The summed E-state index contributed by atoms with van der Waals surface area (Å²) in [4.78, 5) is 0. The third kappa shape index (κ3) is 3.78. The molecule has 0 saturated heterocycles. The summed E-state index contributed by atoms with van der Waals surface area (Å²) in [7, 11) is 0. The van der Waals surface area contributed by atoms with E-state index in [-0.39, 0.29) is 0 Å². The van der Waals surface area contributed by atoms with Crippen LogP contribution in [0.25, 0.3) is 0 Å². The van der Waals surface area contributed by atoms with Crippen LogP contribution in [0.1, 0.15) is 32.6 Å². The molecule has 0 fully saturated rings. The van der Waals surface area contributed by atoms with E-state index in [2.05, 4.69) is 25.2 Å². The molecule has 0 aromatic heterocycles. The maximum atomic E-state index is 2.26. The van der Waals surface area contributed by atoms with Gasteiger partial charge in [0.1, 0.15) is 0 Å². The van der Waals surface area contributed by atoms with Gasteiger partial charge in [0.25, 0.3) is 0 Å². The third-order valence-corrected chi connectivity index (χ3v) is 3.15. The minimum absolute atomic E-state index is 1.20. The molecular formula is C10H16Co. The predicted octanol–water partition coefficient (Wildman–Crippen LogP) is 3.52. The van der Waals surface area contributed by atoms with Crippen molar-refractivity contribution in [3.8, 4) is 0 Å². The van der Waals surface area contributed by atoms with Crippen LogP contribution in [-0.4, -0.2) is 0 Å². The van der Waals surface area contributed by atoms with Gasteiger partial charge in [0.05, 0.1) is 0 Å². The quantitative estimate of drug-likeness (QED) is 0.589. The Balaban J connectivity index is 1.95. The molecule has 1 aliphatic carbocycles. The summed E-state index contributed by atoms with van der Waals surface area (Å²) in [6.07, 6.45) is 12.0. The molecule has 65 valence electrons. The van der Waals surface area contributed by atoms with Gasteiger partial charge in [-0.2, -0.15) is 0 Å². The zero-order valence-electron chi connectivity index (χ0n) is 7.10. The van der Waals surface area contributed by atoms with Crippen molar-refractivity contribution in [1.82, 2.24) is 0 Å². The summed E-state index contributed by atoms with van der Waals surface area (Å²) in [6.45, 7) is 2.26. The zero-order chi connectivity index (χ0) is 7.94. The molecule has 11 heavy (non-hydrogen) atoms. The molecule has 0 bridgehead atoms. The van der Waals surface area contributed by atoms with Crippen LogP contribution in [0.3, 0.4) is 0 Å². The van der Waals surface area contributed by atoms with Gasteiger partial charge in [-0.05, 0) is 0 Å². The summed E-state index contributed by atoms with van der Waals surface area (Å²) in [6, 6.07) is 0. The molecule has 0 heterocycles. The second-order valence-corrected chi connectivity index (χ2v) is 4.27. The van der Waals surface area contributed by atoms with Gasteiger partial charge in [0, 0.05) is 0 Å². The fraction of sp³-hybridized carbons (Fsp3) is 0.600. The van der Waals surface area contributed by atoms with E-state index in [1.165, 1.54) is 31.0 Å². The van der Waals surface area contributed by atoms with E-state index in [0.29, 0.717) is 0 Å². The SMILES string of the molecule is CCCC[CH2][Co][C]1=CC=CC1. The van der Waals surface area contributed by atoms with Crippen LogP contribution in [0.15, 0.2) is 22.7 Å². The van der Waals surface area contributed by atoms with E-state index in [1.807, 2.05) is 0 Å². The average Bonchev–Trinajstić information content (AvgIpc) is 2.50. The normalized spacial score (nSPS) is 15.9. The van der Waals surface area contributed by atoms with Gasteiger partial charge in [-0.15, -0.1) is 0 Å². The molecule has 1 heteroatoms. The first-order chi connectivity index (χ1) is 5.43. The Bertz CT molecular complexity index is 156. The van der Waals surface area contributed by atoms with Gasteiger partial charge in [-0.3, -0.25) is 0 Å². The minimum atomic E-state index is 1.20. The molecule has 0 aromatic carbocycles. The Morgan fingerprint density at radius 3 is 3.00 bits per heavy atom.